The Kier molecular flexibility index (Phi) is 13.9. The Morgan fingerprint density at radius 1 is 0.479 bits per heavy atom. The molecule has 3 unspecified atom stereocenters. The van der Waals surface area contributed by atoms with Crippen LogP contribution < -0.4 is 0 Å². The van der Waals surface area contributed by atoms with E-state index in [2.05, 4.69) is 164 Å². The van der Waals surface area contributed by atoms with Gasteiger partial charge in [0.05, 0.1) is 25.7 Å². The zero-order valence-electron chi connectivity index (χ0n) is 30.3. The monoisotopic (exact) mass is 645 g/mol. The number of nitrogens with zero attached hydrogens (tertiary/aromatic N) is 4. The quantitative estimate of drug-likeness (QED) is 0.143. The van der Waals surface area contributed by atoms with E-state index in [0.29, 0.717) is 18.1 Å². The average Bonchev–Trinajstić information content (AvgIpc) is 3.14. The van der Waals surface area contributed by atoms with Crippen LogP contribution in [0.2, 0.25) is 0 Å². The first kappa shape index (κ1) is 36.0. The Bertz CT molecular complexity index is 1430. The molecule has 1 saturated heterocycles. The summed E-state index contributed by atoms with van der Waals surface area (Å²) in [6.07, 6.45) is 3.44. The molecule has 0 spiro atoms. The fourth-order valence-electron chi connectivity index (χ4n) is 7.97. The molecule has 5 rings (SSSR count). The molecule has 0 radical (unpaired) electrons. The Hall–Kier alpha value is -3.28. The van der Waals surface area contributed by atoms with Crippen molar-refractivity contribution in [3.05, 3.63) is 144 Å². The first-order chi connectivity index (χ1) is 23.5. The molecule has 0 amide bonds. The number of rotatable bonds is 12. The van der Waals surface area contributed by atoms with Crippen LogP contribution in [-0.2, 0) is 26.2 Å². The Balaban J connectivity index is 1.57. The van der Waals surface area contributed by atoms with E-state index in [1.807, 2.05) is 0 Å². The predicted octanol–water partition coefficient (Wildman–Crippen LogP) is 8.88. The van der Waals surface area contributed by atoms with Crippen molar-refractivity contribution in [2.45, 2.75) is 91.3 Å². The first-order valence-electron chi connectivity index (χ1n) is 18.8. The maximum atomic E-state index is 2.87. The Morgan fingerprint density at radius 2 is 0.854 bits per heavy atom. The van der Waals surface area contributed by atoms with Crippen LogP contribution in [-0.4, -0.2) is 76.6 Å². The second-order valence-electron chi connectivity index (χ2n) is 14.2. The lowest BCUT2D eigenvalue weighted by atomic mass is 10.0. The molecule has 4 aromatic carbocycles. The van der Waals surface area contributed by atoms with Crippen LogP contribution in [0.3, 0.4) is 0 Å². The molecule has 4 atom stereocenters. The third-order valence-electron chi connectivity index (χ3n) is 11.0. The third-order valence-corrected chi connectivity index (χ3v) is 11.0. The summed E-state index contributed by atoms with van der Waals surface area (Å²) < 4.78 is 1.11. The van der Waals surface area contributed by atoms with E-state index in [1.165, 1.54) is 28.8 Å². The van der Waals surface area contributed by atoms with Crippen LogP contribution in [0.1, 0.15) is 69.2 Å². The smallest absolute Gasteiger partial charge is 0.104 e. The Labute approximate surface area is 292 Å². The van der Waals surface area contributed by atoms with Crippen LogP contribution in [0.25, 0.3) is 0 Å². The lowest BCUT2D eigenvalue weighted by Crippen LogP contribution is -2.60. The predicted molar refractivity (Wildman–Crippen MR) is 203 cm³/mol. The first-order valence-corrected chi connectivity index (χ1v) is 18.8. The fraction of sp³-hybridized carbons (Fsp3) is 0.455. The van der Waals surface area contributed by atoms with Crippen molar-refractivity contribution in [3.8, 4) is 0 Å². The van der Waals surface area contributed by atoms with Crippen molar-refractivity contribution in [1.29, 1.82) is 0 Å². The SMILES string of the molecule is CCC1CN(Cc2ccccc2)C(CC)CN(Cc2ccccc2)C(CC)C[N@+](CC)(Cc2ccccc2)CCN1Cc1ccccc1. The molecule has 0 aliphatic carbocycles. The van der Waals surface area contributed by atoms with E-state index in [1.54, 1.807) is 0 Å². The van der Waals surface area contributed by atoms with Gasteiger partial charge in [0, 0.05) is 56.9 Å². The molecule has 4 aromatic rings. The second-order valence-corrected chi connectivity index (χ2v) is 14.2. The largest absolute Gasteiger partial charge is 0.318 e. The van der Waals surface area contributed by atoms with Crippen molar-refractivity contribution >= 4 is 0 Å². The molecule has 1 aliphatic heterocycles. The minimum absolute atomic E-state index is 0.465. The van der Waals surface area contributed by atoms with Gasteiger partial charge >= 0.3 is 0 Å². The second kappa shape index (κ2) is 18.5. The van der Waals surface area contributed by atoms with Crippen molar-refractivity contribution in [3.63, 3.8) is 0 Å². The van der Waals surface area contributed by atoms with Gasteiger partial charge in [0.15, 0.2) is 0 Å². The van der Waals surface area contributed by atoms with E-state index in [4.69, 9.17) is 0 Å². The maximum Gasteiger partial charge on any atom is 0.104 e. The molecular formula is C44H61N4+. The zero-order valence-corrected chi connectivity index (χ0v) is 30.3. The molecule has 1 fully saturated rings. The topological polar surface area (TPSA) is 9.72 Å². The summed E-state index contributed by atoms with van der Waals surface area (Å²) in [7, 11) is 0. The van der Waals surface area contributed by atoms with Gasteiger partial charge in [0.2, 0.25) is 0 Å². The third kappa shape index (κ3) is 10.1. The van der Waals surface area contributed by atoms with Crippen molar-refractivity contribution < 1.29 is 4.48 Å². The molecule has 4 nitrogen and oxygen atoms in total. The molecular weight excluding hydrogens is 585 g/mol. The van der Waals surface area contributed by atoms with Crippen LogP contribution in [0.15, 0.2) is 121 Å². The summed E-state index contributed by atoms with van der Waals surface area (Å²) in [5, 5.41) is 0. The average molecular weight is 646 g/mol. The molecule has 0 aromatic heterocycles. The van der Waals surface area contributed by atoms with E-state index >= 15 is 0 Å². The minimum atomic E-state index is 0.465. The van der Waals surface area contributed by atoms with Crippen LogP contribution in [0.5, 0.6) is 0 Å². The number of benzene rings is 4. The summed E-state index contributed by atoms with van der Waals surface area (Å²) in [6.45, 7) is 20.5. The summed E-state index contributed by atoms with van der Waals surface area (Å²) >= 11 is 0. The highest BCUT2D eigenvalue weighted by Gasteiger charge is 2.36. The molecule has 1 aliphatic rings. The van der Waals surface area contributed by atoms with Gasteiger partial charge in [0.25, 0.3) is 0 Å². The number of quaternary nitrogens is 1. The maximum absolute atomic E-state index is 2.87. The Morgan fingerprint density at radius 3 is 1.27 bits per heavy atom. The van der Waals surface area contributed by atoms with Crippen LogP contribution >= 0.6 is 0 Å². The van der Waals surface area contributed by atoms with Gasteiger partial charge in [-0.15, -0.1) is 0 Å². The van der Waals surface area contributed by atoms with Gasteiger partial charge in [0.1, 0.15) is 6.54 Å². The summed E-state index contributed by atoms with van der Waals surface area (Å²) in [4.78, 5) is 8.57. The number of hydrogen-bond donors (Lipinski definition) is 0. The summed E-state index contributed by atoms with van der Waals surface area (Å²) in [6, 6.07) is 46.3. The highest BCUT2D eigenvalue weighted by molar-refractivity contribution is 5.17. The van der Waals surface area contributed by atoms with Gasteiger partial charge in [-0.05, 0) is 42.9 Å². The lowest BCUT2D eigenvalue weighted by molar-refractivity contribution is -0.940. The van der Waals surface area contributed by atoms with Crippen molar-refractivity contribution in [2.24, 2.45) is 0 Å². The van der Waals surface area contributed by atoms with E-state index in [-0.39, 0.29) is 0 Å². The van der Waals surface area contributed by atoms with Gasteiger partial charge in [-0.25, -0.2) is 0 Å². The highest BCUT2D eigenvalue weighted by Crippen LogP contribution is 2.26. The fourth-order valence-corrected chi connectivity index (χ4v) is 7.97. The zero-order chi connectivity index (χ0) is 33.6. The molecule has 0 N–H and O–H groups in total. The van der Waals surface area contributed by atoms with Gasteiger partial charge in [-0.1, -0.05) is 142 Å². The van der Waals surface area contributed by atoms with Gasteiger partial charge in [-0.3, -0.25) is 14.7 Å². The number of hydrogen-bond acceptors (Lipinski definition) is 3. The molecule has 48 heavy (non-hydrogen) atoms. The molecule has 1 heterocycles. The molecule has 256 valence electrons. The standard InChI is InChI=1S/C44H61N4/c1-5-42-34-46(32-39-23-15-10-16-24-39)43(6-2)35-47(33-40-25-17-11-18-26-40)44(7-3)37-48(8-4,36-41-27-19-12-20-28-41)30-29-45(42)31-38-21-13-9-14-22-38/h9-28,42-44H,5-8,29-37H2,1-4H3/q+1/t42?,43?,44?,48-/m0/s1. The van der Waals surface area contributed by atoms with E-state index < -0.39 is 0 Å². The van der Waals surface area contributed by atoms with Gasteiger partial charge < -0.3 is 4.48 Å². The van der Waals surface area contributed by atoms with Crippen LogP contribution in [0.4, 0.5) is 0 Å². The molecule has 4 heteroatoms. The van der Waals surface area contributed by atoms with Crippen LogP contribution in [0, 0.1) is 0 Å². The lowest BCUT2D eigenvalue weighted by Gasteiger charge is -2.47. The van der Waals surface area contributed by atoms with E-state index in [9.17, 15) is 0 Å². The summed E-state index contributed by atoms with van der Waals surface area (Å²) in [5.74, 6) is 0. The molecule has 0 saturated carbocycles. The number of likely N-dealkylation sites (N-methyl/N-ethyl adjacent to an activating group) is 1. The molecule has 0 bridgehead atoms. The van der Waals surface area contributed by atoms with Gasteiger partial charge in [-0.2, -0.15) is 0 Å². The highest BCUT2D eigenvalue weighted by atomic mass is 15.4. The minimum Gasteiger partial charge on any atom is -0.318 e. The van der Waals surface area contributed by atoms with E-state index in [0.717, 1.165) is 82.6 Å². The van der Waals surface area contributed by atoms with Crippen molar-refractivity contribution in [2.75, 3.05) is 39.3 Å². The summed E-state index contributed by atoms with van der Waals surface area (Å²) in [5.41, 5.74) is 5.71. The van der Waals surface area contributed by atoms with Crippen molar-refractivity contribution in [1.82, 2.24) is 14.7 Å². The normalized spacial score (nSPS) is 23.7.